The average Bonchev–Trinajstić information content (AvgIpc) is 2.61. The maximum absolute atomic E-state index is 12.5. The molecule has 0 unspecified atom stereocenters. The third-order valence-electron chi connectivity index (χ3n) is 5.51. The maximum Gasteiger partial charge on any atom is 0.230 e. The first-order valence-corrected chi connectivity index (χ1v) is 8.70. The number of likely N-dealkylation sites (tertiary alicyclic amines) is 1. The molecule has 5 heteroatoms. The summed E-state index contributed by atoms with van der Waals surface area (Å²) in [5, 5.41) is 14.6. The van der Waals surface area contributed by atoms with E-state index in [-0.39, 0.29) is 5.91 Å². The zero-order valence-corrected chi connectivity index (χ0v) is 13.7. The quantitative estimate of drug-likeness (QED) is 0.882. The first-order valence-electron chi connectivity index (χ1n) is 8.70. The Morgan fingerprint density at radius 3 is 3.08 bits per heavy atom. The molecule has 1 aromatic heterocycles. The van der Waals surface area contributed by atoms with Gasteiger partial charge < -0.3 is 10.4 Å². The fourth-order valence-corrected chi connectivity index (χ4v) is 4.20. The molecule has 2 atom stereocenters. The second kappa shape index (κ2) is 6.15. The van der Waals surface area contributed by atoms with Crippen molar-refractivity contribution in [1.29, 1.82) is 0 Å². The molecule has 1 spiro atoms. The first-order chi connectivity index (χ1) is 11.7. The van der Waals surface area contributed by atoms with E-state index < -0.39 is 11.5 Å². The van der Waals surface area contributed by atoms with Crippen molar-refractivity contribution in [2.45, 2.75) is 31.9 Å². The molecule has 2 saturated heterocycles. The van der Waals surface area contributed by atoms with E-state index in [1.807, 2.05) is 12.3 Å². The van der Waals surface area contributed by atoms with Crippen LogP contribution < -0.4 is 5.32 Å². The number of fused-ring (bicyclic) bond motifs is 1. The van der Waals surface area contributed by atoms with Gasteiger partial charge in [0.1, 0.15) is 0 Å². The molecule has 2 aliphatic heterocycles. The predicted molar refractivity (Wildman–Crippen MR) is 92.3 cm³/mol. The Kier molecular flexibility index (Phi) is 3.98. The molecule has 1 amide bonds. The average molecular weight is 325 g/mol. The second-order valence-corrected chi connectivity index (χ2v) is 7.02. The summed E-state index contributed by atoms with van der Waals surface area (Å²) in [6.07, 6.45) is 3.63. The van der Waals surface area contributed by atoms with E-state index in [0.29, 0.717) is 13.0 Å². The molecule has 2 aromatic rings. The van der Waals surface area contributed by atoms with Crippen molar-refractivity contribution in [3.8, 4) is 0 Å². The number of pyridine rings is 1. The van der Waals surface area contributed by atoms with E-state index in [1.54, 1.807) is 0 Å². The second-order valence-electron chi connectivity index (χ2n) is 7.02. The van der Waals surface area contributed by atoms with Crippen LogP contribution >= 0.6 is 0 Å². The molecular formula is C19H23N3O2. The number of hydrogen-bond acceptors (Lipinski definition) is 4. The van der Waals surface area contributed by atoms with Crippen molar-refractivity contribution >= 4 is 16.8 Å². The number of amides is 1. The van der Waals surface area contributed by atoms with Crippen molar-refractivity contribution in [3.63, 3.8) is 0 Å². The fourth-order valence-electron chi connectivity index (χ4n) is 4.20. The lowest BCUT2D eigenvalue weighted by atomic mass is 9.71. The topological polar surface area (TPSA) is 65.5 Å². The minimum Gasteiger partial charge on any atom is -0.392 e. The van der Waals surface area contributed by atoms with Crippen molar-refractivity contribution < 1.29 is 9.90 Å². The predicted octanol–water partition coefficient (Wildman–Crippen LogP) is 1.70. The molecule has 126 valence electrons. The summed E-state index contributed by atoms with van der Waals surface area (Å²) in [6.45, 7) is 2.90. The molecule has 4 rings (SSSR count). The van der Waals surface area contributed by atoms with Gasteiger partial charge >= 0.3 is 0 Å². The number of rotatable bonds is 2. The van der Waals surface area contributed by atoms with Crippen LogP contribution in [0.2, 0.25) is 0 Å². The van der Waals surface area contributed by atoms with Gasteiger partial charge in [-0.2, -0.15) is 0 Å². The van der Waals surface area contributed by atoms with Crippen LogP contribution in [0, 0.1) is 5.41 Å². The minimum atomic E-state index is -0.644. The van der Waals surface area contributed by atoms with E-state index in [1.165, 1.54) is 5.56 Å². The van der Waals surface area contributed by atoms with Gasteiger partial charge in [-0.25, -0.2) is 0 Å². The van der Waals surface area contributed by atoms with Gasteiger partial charge in [0, 0.05) is 37.8 Å². The lowest BCUT2D eigenvalue weighted by molar-refractivity contribution is -0.149. The van der Waals surface area contributed by atoms with E-state index in [4.69, 9.17) is 0 Å². The van der Waals surface area contributed by atoms with Gasteiger partial charge in [0.05, 0.1) is 17.0 Å². The van der Waals surface area contributed by atoms with Crippen molar-refractivity contribution in [2.24, 2.45) is 5.41 Å². The highest BCUT2D eigenvalue weighted by atomic mass is 16.3. The number of para-hydroxylation sites is 1. The van der Waals surface area contributed by atoms with Crippen LogP contribution in [-0.2, 0) is 11.3 Å². The van der Waals surface area contributed by atoms with Crippen molar-refractivity contribution in [2.75, 3.05) is 19.6 Å². The van der Waals surface area contributed by atoms with E-state index in [0.717, 1.165) is 43.4 Å². The van der Waals surface area contributed by atoms with Gasteiger partial charge in [0.25, 0.3) is 0 Å². The Morgan fingerprint density at radius 1 is 1.33 bits per heavy atom. The summed E-state index contributed by atoms with van der Waals surface area (Å²) < 4.78 is 0. The molecule has 3 heterocycles. The number of aliphatic hydroxyl groups excluding tert-OH is 1. The van der Waals surface area contributed by atoms with Gasteiger partial charge in [-0.3, -0.25) is 14.7 Å². The third-order valence-corrected chi connectivity index (χ3v) is 5.51. The number of aliphatic hydroxyl groups is 1. The third kappa shape index (κ3) is 2.58. The first kappa shape index (κ1) is 15.5. The maximum atomic E-state index is 12.5. The van der Waals surface area contributed by atoms with Gasteiger partial charge in [0.2, 0.25) is 5.91 Å². The summed E-state index contributed by atoms with van der Waals surface area (Å²) >= 11 is 0. The molecule has 2 N–H and O–H groups in total. The van der Waals surface area contributed by atoms with Gasteiger partial charge in [-0.05, 0) is 30.9 Å². The summed E-state index contributed by atoms with van der Waals surface area (Å²) in [7, 11) is 0. The Bertz CT molecular complexity index is 758. The van der Waals surface area contributed by atoms with E-state index in [2.05, 4.69) is 39.5 Å². The number of aromatic nitrogens is 1. The molecule has 24 heavy (non-hydrogen) atoms. The van der Waals surface area contributed by atoms with E-state index >= 15 is 0 Å². The summed E-state index contributed by atoms with van der Waals surface area (Å²) in [5.41, 5.74) is 1.55. The highest BCUT2D eigenvalue weighted by Gasteiger charge is 2.49. The molecule has 2 fully saturated rings. The number of hydrogen-bond donors (Lipinski definition) is 2. The molecule has 5 nitrogen and oxygen atoms in total. The summed E-state index contributed by atoms with van der Waals surface area (Å²) in [6, 6.07) is 10.3. The van der Waals surface area contributed by atoms with Crippen LogP contribution in [0.5, 0.6) is 0 Å². The number of carbonyl (C=O) groups excluding carboxylic acids is 1. The molecule has 0 radical (unpaired) electrons. The van der Waals surface area contributed by atoms with Crippen LogP contribution in [0.15, 0.2) is 36.5 Å². The number of piperidine rings is 2. The lowest BCUT2D eigenvalue weighted by Gasteiger charge is -2.47. The highest BCUT2D eigenvalue weighted by molar-refractivity contribution is 5.84. The normalized spacial score (nSPS) is 28.2. The standard InChI is InChI=1S/C19H23N3O2/c23-16-7-11-22(13-19(16)8-3-10-21-18(19)24)12-15-5-1-4-14-6-2-9-20-17(14)15/h1-2,4-6,9,16,23H,3,7-8,10-13H2,(H,21,24)/t16-,19-/m1/s1. The van der Waals surface area contributed by atoms with Crippen LogP contribution in [0.1, 0.15) is 24.8 Å². The lowest BCUT2D eigenvalue weighted by Crippen LogP contribution is -2.61. The minimum absolute atomic E-state index is 0.0157. The largest absolute Gasteiger partial charge is 0.392 e. The van der Waals surface area contributed by atoms with Crippen LogP contribution in [0.4, 0.5) is 0 Å². The highest BCUT2D eigenvalue weighted by Crippen LogP contribution is 2.37. The summed E-state index contributed by atoms with van der Waals surface area (Å²) in [5.74, 6) is 0.0157. The molecule has 0 saturated carbocycles. The molecule has 0 aliphatic carbocycles. The van der Waals surface area contributed by atoms with Gasteiger partial charge in [-0.1, -0.05) is 24.3 Å². The zero-order chi connectivity index (χ0) is 16.6. The Morgan fingerprint density at radius 2 is 2.21 bits per heavy atom. The molecular weight excluding hydrogens is 302 g/mol. The summed E-state index contributed by atoms with van der Waals surface area (Å²) in [4.78, 5) is 19.3. The Hall–Kier alpha value is -1.98. The Balaban J connectivity index is 1.59. The number of nitrogens with one attached hydrogen (secondary N) is 1. The fraction of sp³-hybridized carbons (Fsp3) is 0.474. The molecule has 1 aromatic carbocycles. The van der Waals surface area contributed by atoms with Gasteiger partial charge in [-0.15, -0.1) is 0 Å². The van der Waals surface area contributed by atoms with Crippen molar-refractivity contribution in [3.05, 3.63) is 42.1 Å². The van der Waals surface area contributed by atoms with Crippen molar-refractivity contribution in [1.82, 2.24) is 15.2 Å². The number of carbonyl (C=O) groups is 1. The molecule has 2 aliphatic rings. The Labute approximate surface area is 141 Å². The van der Waals surface area contributed by atoms with Gasteiger partial charge in [0.15, 0.2) is 0 Å². The van der Waals surface area contributed by atoms with E-state index in [9.17, 15) is 9.90 Å². The monoisotopic (exact) mass is 325 g/mol. The van der Waals surface area contributed by atoms with Crippen LogP contribution in [0.25, 0.3) is 10.9 Å². The zero-order valence-electron chi connectivity index (χ0n) is 13.7. The van der Waals surface area contributed by atoms with Crippen LogP contribution in [0.3, 0.4) is 0 Å². The smallest absolute Gasteiger partial charge is 0.230 e. The van der Waals surface area contributed by atoms with Crippen LogP contribution in [-0.4, -0.2) is 46.6 Å². The molecule has 0 bridgehead atoms. The SMILES string of the molecule is O=C1NCCC[C@]12CN(Cc1cccc3cccnc13)CC[C@H]2O. The number of nitrogens with zero attached hydrogens (tertiary/aromatic N) is 2. The number of benzene rings is 1.